The van der Waals surface area contributed by atoms with Crippen LogP contribution in [0.2, 0.25) is 0 Å². The molecule has 2 atom stereocenters. The molecule has 0 aromatic carbocycles. The van der Waals surface area contributed by atoms with Crippen LogP contribution in [-0.2, 0) is 9.53 Å². The van der Waals surface area contributed by atoms with Gasteiger partial charge in [-0.2, -0.15) is 0 Å². The summed E-state index contributed by atoms with van der Waals surface area (Å²) in [7, 11) is 0. The SMILES string of the molecule is Cl.O=C(CC1CCNC1)N(CC1CCOC1)C1CC1. The number of nitrogens with one attached hydrogen (secondary N) is 1. The topological polar surface area (TPSA) is 41.6 Å². The second-order valence-electron chi connectivity index (χ2n) is 6.07. The first-order valence-electron chi connectivity index (χ1n) is 7.41. The molecule has 1 aliphatic carbocycles. The molecule has 0 aromatic rings. The van der Waals surface area contributed by atoms with Crippen LogP contribution in [0, 0.1) is 11.8 Å². The van der Waals surface area contributed by atoms with Gasteiger partial charge in [0.2, 0.25) is 5.91 Å². The molecule has 1 saturated carbocycles. The molecule has 110 valence electrons. The molecule has 0 aromatic heterocycles. The van der Waals surface area contributed by atoms with E-state index in [0.717, 1.165) is 52.1 Å². The lowest BCUT2D eigenvalue weighted by Crippen LogP contribution is -2.38. The largest absolute Gasteiger partial charge is 0.381 e. The zero-order valence-corrected chi connectivity index (χ0v) is 12.3. The average molecular weight is 289 g/mol. The number of carbonyl (C=O) groups excluding carboxylic acids is 1. The molecule has 2 heterocycles. The van der Waals surface area contributed by atoms with E-state index in [4.69, 9.17) is 4.74 Å². The normalized spacial score (nSPS) is 30.1. The van der Waals surface area contributed by atoms with Crippen molar-refractivity contribution in [1.82, 2.24) is 10.2 Å². The zero-order chi connectivity index (χ0) is 12.4. The van der Waals surface area contributed by atoms with Crippen molar-refractivity contribution >= 4 is 18.3 Å². The van der Waals surface area contributed by atoms with Gasteiger partial charge in [0, 0.05) is 31.5 Å². The maximum atomic E-state index is 12.4. The van der Waals surface area contributed by atoms with Crippen LogP contribution in [0.3, 0.4) is 0 Å². The number of halogens is 1. The first kappa shape index (κ1) is 15.1. The Balaban J connectivity index is 0.00000133. The second kappa shape index (κ2) is 6.91. The molecule has 0 radical (unpaired) electrons. The Labute approximate surface area is 121 Å². The van der Waals surface area contributed by atoms with Crippen LogP contribution in [-0.4, -0.2) is 49.7 Å². The van der Waals surface area contributed by atoms with Crippen molar-refractivity contribution in [2.24, 2.45) is 11.8 Å². The molecule has 2 saturated heterocycles. The number of hydrogen-bond acceptors (Lipinski definition) is 3. The smallest absolute Gasteiger partial charge is 0.223 e. The minimum Gasteiger partial charge on any atom is -0.381 e. The second-order valence-corrected chi connectivity index (χ2v) is 6.07. The van der Waals surface area contributed by atoms with Crippen molar-refractivity contribution in [3.05, 3.63) is 0 Å². The summed E-state index contributed by atoms with van der Waals surface area (Å²) in [4.78, 5) is 14.6. The molecule has 19 heavy (non-hydrogen) atoms. The number of carbonyl (C=O) groups is 1. The lowest BCUT2D eigenvalue weighted by Gasteiger charge is -2.26. The first-order chi connectivity index (χ1) is 8.83. The maximum absolute atomic E-state index is 12.4. The van der Waals surface area contributed by atoms with E-state index >= 15 is 0 Å². The number of amides is 1. The van der Waals surface area contributed by atoms with Crippen LogP contribution in [0.4, 0.5) is 0 Å². The van der Waals surface area contributed by atoms with Gasteiger partial charge in [-0.1, -0.05) is 0 Å². The van der Waals surface area contributed by atoms with Gasteiger partial charge in [-0.15, -0.1) is 12.4 Å². The zero-order valence-electron chi connectivity index (χ0n) is 11.5. The summed E-state index contributed by atoms with van der Waals surface area (Å²) < 4.78 is 5.42. The van der Waals surface area contributed by atoms with Gasteiger partial charge in [-0.25, -0.2) is 0 Å². The van der Waals surface area contributed by atoms with Gasteiger partial charge in [0.05, 0.1) is 6.61 Å². The molecular weight excluding hydrogens is 264 g/mol. The van der Waals surface area contributed by atoms with Crippen LogP contribution in [0.15, 0.2) is 0 Å². The molecule has 1 N–H and O–H groups in total. The molecule has 3 aliphatic rings. The summed E-state index contributed by atoms with van der Waals surface area (Å²) in [6.45, 7) is 4.77. The highest BCUT2D eigenvalue weighted by Gasteiger charge is 2.35. The fraction of sp³-hybridized carbons (Fsp3) is 0.929. The number of nitrogens with zero attached hydrogens (tertiary/aromatic N) is 1. The Morgan fingerprint density at radius 1 is 1.21 bits per heavy atom. The minimum absolute atomic E-state index is 0. The van der Waals surface area contributed by atoms with Crippen molar-refractivity contribution in [3.63, 3.8) is 0 Å². The summed E-state index contributed by atoms with van der Waals surface area (Å²) in [5, 5.41) is 3.34. The van der Waals surface area contributed by atoms with E-state index < -0.39 is 0 Å². The quantitative estimate of drug-likeness (QED) is 0.832. The van der Waals surface area contributed by atoms with E-state index in [1.165, 1.54) is 12.8 Å². The van der Waals surface area contributed by atoms with Gasteiger partial charge in [-0.05, 0) is 44.7 Å². The Morgan fingerprint density at radius 2 is 2.05 bits per heavy atom. The fourth-order valence-corrected chi connectivity index (χ4v) is 3.10. The third-order valence-corrected chi connectivity index (χ3v) is 4.41. The third kappa shape index (κ3) is 4.07. The highest BCUT2D eigenvalue weighted by Crippen LogP contribution is 2.30. The summed E-state index contributed by atoms with van der Waals surface area (Å²) in [5.74, 6) is 1.54. The van der Waals surface area contributed by atoms with E-state index in [1.807, 2.05) is 0 Å². The average Bonchev–Trinajstić information content (AvgIpc) is 2.87. The number of hydrogen-bond donors (Lipinski definition) is 1. The van der Waals surface area contributed by atoms with E-state index in [1.54, 1.807) is 0 Å². The number of rotatable bonds is 5. The summed E-state index contributed by atoms with van der Waals surface area (Å²) in [5.41, 5.74) is 0. The van der Waals surface area contributed by atoms with E-state index in [2.05, 4.69) is 10.2 Å². The van der Waals surface area contributed by atoms with Crippen molar-refractivity contribution in [3.8, 4) is 0 Å². The van der Waals surface area contributed by atoms with E-state index in [-0.39, 0.29) is 12.4 Å². The van der Waals surface area contributed by atoms with Gasteiger partial charge in [0.25, 0.3) is 0 Å². The lowest BCUT2D eigenvalue weighted by atomic mass is 10.0. The van der Waals surface area contributed by atoms with Gasteiger partial charge in [0.1, 0.15) is 0 Å². The van der Waals surface area contributed by atoms with E-state index in [9.17, 15) is 4.79 Å². The predicted molar refractivity (Wildman–Crippen MR) is 76.5 cm³/mol. The molecule has 5 heteroatoms. The lowest BCUT2D eigenvalue weighted by molar-refractivity contribution is -0.133. The molecular formula is C14H25ClN2O2. The Morgan fingerprint density at radius 3 is 2.63 bits per heavy atom. The predicted octanol–water partition coefficient (Wildman–Crippen LogP) is 1.44. The summed E-state index contributed by atoms with van der Waals surface area (Å²) in [6, 6.07) is 0.549. The van der Waals surface area contributed by atoms with Crippen molar-refractivity contribution < 1.29 is 9.53 Å². The number of ether oxygens (including phenoxy) is 1. The van der Waals surface area contributed by atoms with Crippen molar-refractivity contribution in [1.29, 1.82) is 0 Å². The van der Waals surface area contributed by atoms with Gasteiger partial charge in [0.15, 0.2) is 0 Å². The molecule has 4 nitrogen and oxygen atoms in total. The van der Waals surface area contributed by atoms with Crippen LogP contribution in [0.25, 0.3) is 0 Å². The van der Waals surface area contributed by atoms with Gasteiger partial charge in [-0.3, -0.25) is 4.79 Å². The molecule has 2 aliphatic heterocycles. The molecule has 2 unspecified atom stereocenters. The summed E-state index contributed by atoms with van der Waals surface area (Å²) >= 11 is 0. The van der Waals surface area contributed by atoms with Crippen molar-refractivity contribution in [2.45, 2.75) is 38.1 Å². The Hall–Kier alpha value is -0.320. The van der Waals surface area contributed by atoms with Gasteiger partial charge < -0.3 is 15.0 Å². The Kier molecular flexibility index (Phi) is 5.48. The monoisotopic (exact) mass is 288 g/mol. The molecule has 1 amide bonds. The Bertz CT molecular complexity index is 298. The molecule has 0 bridgehead atoms. The molecule has 3 rings (SSSR count). The highest BCUT2D eigenvalue weighted by atomic mass is 35.5. The standard InChI is InChI=1S/C14H24N2O2.ClH/c17-14(7-11-3-5-15-8-11)16(13-1-2-13)9-12-4-6-18-10-12;/h11-13,15H,1-10H2;1H. The molecule has 0 spiro atoms. The third-order valence-electron chi connectivity index (χ3n) is 4.41. The minimum atomic E-state index is 0. The van der Waals surface area contributed by atoms with Crippen molar-refractivity contribution in [2.75, 3.05) is 32.8 Å². The van der Waals surface area contributed by atoms with Gasteiger partial charge >= 0.3 is 0 Å². The fourth-order valence-electron chi connectivity index (χ4n) is 3.10. The first-order valence-corrected chi connectivity index (χ1v) is 7.41. The van der Waals surface area contributed by atoms with Crippen LogP contribution in [0.1, 0.15) is 32.1 Å². The maximum Gasteiger partial charge on any atom is 0.223 e. The molecule has 3 fully saturated rings. The van der Waals surface area contributed by atoms with E-state index in [0.29, 0.717) is 23.8 Å². The highest BCUT2D eigenvalue weighted by molar-refractivity contribution is 5.85. The van der Waals surface area contributed by atoms with Crippen LogP contribution in [0.5, 0.6) is 0 Å². The van der Waals surface area contributed by atoms with Crippen LogP contribution < -0.4 is 5.32 Å². The summed E-state index contributed by atoms with van der Waals surface area (Å²) in [6.07, 6.45) is 5.46. The van der Waals surface area contributed by atoms with Crippen LogP contribution >= 0.6 is 12.4 Å².